The zero-order valence-electron chi connectivity index (χ0n) is 67.7. The molecule has 13 rings (SSSR count). The maximum absolute atomic E-state index is 13.8. The third kappa shape index (κ3) is 23.5. The van der Waals surface area contributed by atoms with Crippen molar-refractivity contribution in [2.75, 3.05) is 55.7 Å². The summed E-state index contributed by atoms with van der Waals surface area (Å²) < 4.78 is 104. The zero-order valence-corrected chi connectivity index (χ0v) is 71.7. The molecule has 31 heteroatoms. The molecule has 630 valence electrons. The summed E-state index contributed by atoms with van der Waals surface area (Å²) in [5.41, 5.74) is 8.87. The summed E-state index contributed by atoms with van der Waals surface area (Å²) in [4.78, 5) is 84.8. The van der Waals surface area contributed by atoms with Crippen LogP contribution in [0.25, 0.3) is 43.6 Å². The quantitative estimate of drug-likeness (QED) is 0.0244. The van der Waals surface area contributed by atoms with E-state index in [4.69, 9.17) is 14.2 Å². The second kappa shape index (κ2) is 42.0. The number of fused-ring (bicyclic) bond motifs is 1. The average Bonchev–Trinajstić information content (AvgIpc) is 1.61. The number of thiophene rings is 2. The van der Waals surface area contributed by atoms with E-state index in [9.17, 15) is 54.0 Å². The topological polar surface area (TPSA) is 332 Å². The molecule has 3 atom stereocenters. The number of urea groups is 3. The number of sulfonamides is 3. The first kappa shape index (κ1) is 89.3. The first-order valence-corrected chi connectivity index (χ1v) is 44.8. The lowest BCUT2D eigenvalue weighted by Gasteiger charge is -2.27. The van der Waals surface area contributed by atoms with E-state index < -0.39 is 66.3 Å². The molecule has 0 spiro atoms. The van der Waals surface area contributed by atoms with Gasteiger partial charge in [-0.1, -0.05) is 146 Å². The minimum absolute atomic E-state index is 0.0549. The van der Waals surface area contributed by atoms with E-state index in [1.807, 2.05) is 164 Å². The Balaban J connectivity index is 0.000000179. The number of carbonyl (C=O) groups excluding carboxylic acids is 6. The Hall–Kier alpha value is -13.5. The van der Waals surface area contributed by atoms with E-state index in [0.29, 0.717) is 65.2 Å². The summed E-state index contributed by atoms with van der Waals surface area (Å²) in [5.74, 6) is 0.792. The molecular formula is C91H91N11O15S5. The molecule has 0 aliphatic heterocycles. The number of likely N-dealkylation sites (N-methyl/N-ethyl adjacent to an activating group) is 3. The number of amides is 9. The van der Waals surface area contributed by atoms with Crippen LogP contribution in [0, 0.1) is 0 Å². The van der Waals surface area contributed by atoms with Crippen molar-refractivity contribution in [2.45, 2.75) is 72.8 Å². The van der Waals surface area contributed by atoms with E-state index in [-0.39, 0.29) is 51.7 Å². The molecule has 0 saturated carbocycles. The Kier molecular flexibility index (Phi) is 30.7. The number of aryl methyl sites for hydroxylation is 1. The Bertz CT molecular complexity index is 6090. The van der Waals surface area contributed by atoms with Gasteiger partial charge < -0.3 is 44.9 Å². The Morgan fingerprint density at radius 1 is 0.393 bits per heavy atom. The number of anilines is 3. The molecule has 0 aliphatic carbocycles. The number of aromatic nitrogens is 2. The van der Waals surface area contributed by atoms with Gasteiger partial charge in [0.05, 0.1) is 41.7 Å². The fourth-order valence-electron chi connectivity index (χ4n) is 13.3. The van der Waals surface area contributed by atoms with Crippen LogP contribution in [-0.2, 0) is 70.8 Å². The van der Waals surface area contributed by atoms with Crippen molar-refractivity contribution in [3.63, 3.8) is 0 Å². The maximum atomic E-state index is 13.8. The zero-order chi connectivity index (χ0) is 86.9. The molecule has 3 aromatic heterocycles. The minimum Gasteiger partial charge on any atom is -0.497 e. The smallest absolute Gasteiger partial charge is 0.329 e. The van der Waals surface area contributed by atoms with Crippen molar-refractivity contribution in [1.82, 2.24) is 39.9 Å². The van der Waals surface area contributed by atoms with E-state index in [0.717, 1.165) is 49.0 Å². The highest BCUT2D eigenvalue weighted by Gasteiger charge is 2.33. The van der Waals surface area contributed by atoms with Crippen LogP contribution < -0.4 is 59.0 Å². The lowest BCUT2D eigenvalue weighted by molar-refractivity contribution is -0.121. The largest absolute Gasteiger partial charge is 0.497 e. The van der Waals surface area contributed by atoms with Crippen molar-refractivity contribution < 1.29 is 68.2 Å². The van der Waals surface area contributed by atoms with Crippen LogP contribution in [0.3, 0.4) is 0 Å². The number of nitrogens with one attached hydrogen (secondary N) is 6. The predicted octanol–water partition coefficient (Wildman–Crippen LogP) is 15.1. The lowest BCUT2D eigenvalue weighted by atomic mass is 10.0. The van der Waals surface area contributed by atoms with E-state index >= 15 is 0 Å². The second-order valence-corrected chi connectivity index (χ2v) is 34.1. The van der Waals surface area contributed by atoms with Gasteiger partial charge in [-0.3, -0.25) is 19.1 Å². The van der Waals surface area contributed by atoms with Gasteiger partial charge in [-0.2, -0.15) is 16.4 Å². The Labute approximate surface area is 717 Å². The average molecular weight is 1740 g/mol. The van der Waals surface area contributed by atoms with E-state index in [1.165, 1.54) is 56.4 Å². The molecule has 0 unspecified atom stereocenters. The molecule has 6 N–H and O–H groups in total. The van der Waals surface area contributed by atoms with Crippen LogP contribution in [-0.4, -0.2) is 130 Å². The van der Waals surface area contributed by atoms with E-state index in [2.05, 4.69) is 35.2 Å². The highest BCUT2D eigenvalue weighted by atomic mass is 32.2. The number of ether oxygens (including phenoxy) is 3. The third-order valence-corrected chi connectivity index (χ3v) is 25.1. The summed E-state index contributed by atoms with van der Waals surface area (Å²) in [6, 6.07) is 73.0. The summed E-state index contributed by atoms with van der Waals surface area (Å²) in [5, 5.41) is 18.7. The molecule has 0 bridgehead atoms. The van der Waals surface area contributed by atoms with Gasteiger partial charge in [0.25, 0.3) is 30.1 Å². The minimum atomic E-state index is -4.25. The Morgan fingerprint density at radius 3 is 1.10 bits per heavy atom. The third-order valence-electron chi connectivity index (χ3n) is 19.4. The number of hydrogen-bond acceptors (Lipinski definition) is 18. The lowest BCUT2D eigenvalue weighted by Crippen LogP contribution is -2.53. The van der Waals surface area contributed by atoms with Crippen LogP contribution >= 0.6 is 22.7 Å². The molecule has 9 amide bonds. The highest BCUT2D eigenvalue weighted by molar-refractivity contribution is 7.90. The van der Waals surface area contributed by atoms with Gasteiger partial charge in [-0.15, -0.1) is 11.3 Å². The number of hydrogen-bond donors (Lipinski definition) is 6. The van der Waals surface area contributed by atoms with Gasteiger partial charge in [0.15, 0.2) is 0 Å². The Morgan fingerprint density at radius 2 is 0.746 bits per heavy atom. The SMILES string of the molecule is CCN(C(=O)[C@H](Cc1ccccc1)NC(=O)NS(=O)(=O)c1cccc(-c2ccnn2C)c1)c1ccc(OC)cc1.CCN(C(=O)[C@H](Cc1ccccc1)NC(=O)NS(=O)(=O)c1cccc(-c2ccsc2)c1)c1ccc(OC)cc1.CCN(C(=O)[C@H](Cc1ccccc1)NC(=O)NS(=O)(=O)c1cccc(-c2csc3ccccc23)c1)c1ccc(OC)cc1. The fraction of sp³-hybridized carbons (Fsp3) is 0.176. The number of benzene rings is 10. The second-order valence-electron chi connectivity index (χ2n) is 27.4. The molecule has 0 saturated heterocycles. The van der Waals surface area contributed by atoms with Crippen LogP contribution in [0.5, 0.6) is 17.2 Å². The molecule has 0 fully saturated rings. The first-order valence-electron chi connectivity index (χ1n) is 38.6. The number of rotatable bonds is 30. The summed E-state index contributed by atoms with van der Waals surface area (Å²) >= 11 is 3.08. The van der Waals surface area contributed by atoms with Crippen molar-refractivity contribution in [1.29, 1.82) is 0 Å². The standard InChI is InChI=1S/C33H31N3O5S2.C29H31N5O5S.C29H29N3O5S2/c1-3-36(25-16-18-26(41-2)19-17-25)32(37)30(20-23-10-5-4-6-11-23)34-33(38)35-43(39,40)27-13-9-12-24(21-27)29-22-42-31-15-8-7-14-28(29)31;1-4-34(23-13-15-24(39-3)16-14-23)28(35)26(19-21-9-6-5-7-10-21)31-29(36)32-40(37,38)25-12-8-11-22(20-25)27-17-18-30-33(27)2;1-3-32(24-12-14-25(37-2)15-13-24)28(33)27(18-21-8-5-4-6-9-21)30-29(34)31-39(35,36)26-11-7-10-22(19-26)23-16-17-38-20-23/h4-19,21-22,30H,3,20H2,1-2H3,(H2,34,35,38);5-18,20,26H,4,19H2,1-3H3,(H2,31,32,36);4-17,19-20,27H,3,18H2,1-2H3,(H2,30,31,34)/t30-;26-;27-/m000/s1. The monoisotopic (exact) mass is 1740 g/mol. The molecule has 13 aromatic rings. The number of nitrogens with zero attached hydrogens (tertiary/aromatic N) is 5. The van der Waals surface area contributed by atoms with Crippen molar-refractivity contribution in [3.8, 4) is 50.8 Å². The van der Waals surface area contributed by atoms with Gasteiger partial charge in [-0.05, 0) is 198 Å². The van der Waals surface area contributed by atoms with Crippen LogP contribution in [0.15, 0.2) is 310 Å². The van der Waals surface area contributed by atoms with Crippen LogP contribution in [0.2, 0.25) is 0 Å². The number of carbonyl (C=O) groups is 6. The first-order chi connectivity index (χ1) is 58.8. The summed E-state index contributed by atoms with van der Waals surface area (Å²) in [6.45, 7) is 6.48. The van der Waals surface area contributed by atoms with Gasteiger partial charge >= 0.3 is 18.1 Å². The highest BCUT2D eigenvalue weighted by Crippen LogP contribution is 2.36. The van der Waals surface area contributed by atoms with Crippen molar-refractivity contribution in [3.05, 3.63) is 312 Å². The van der Waals surface area contributed by atoms with Gasteiger partial charge in [0, 0.05) is 90.4 Å². The maximum Gasteiger partial charge on any atom is 0.329 e. The summed E-state index contributed by atoms with van der Waals surface area (Å²) in [7, 11) is -6.28. The fourth-order valence-corrected chi connectivity index (χ4v) is 17.8. The normalized spacial score (nSPS) is 11.9. The molecule has 0 aliphatic rings. The molecular weight excluding hydrogens is 1650 g/mol. The predicted molar refractivity (Wildman–Crippen MR) is 477 cm³/mol. The van der Waals surface area contributed by atoms with E-state index in [1.54, 1.807) is 166 Å². The molecule has 10 aromatic carbocycles. The molecule has 3 heterocycles. The van der Waals surface area contributed by atoms with Crippen molar-refractivity contribution >= 4 is 116 Å². The van der Waals surface area contributed by atoms with Crippen LogP contribution in [0.1, 0.15) is 37.5 Å². The van der Waals surface area contributed by atoms with Crippen LogP contribution in [0.4, 0.5) is 31.4 Å². The molecule has 122 heavy (non-hydrogen) atoms. The summed E-state index contributed by atoms with van der Waals surface area (Å²) in [6.07, 6.45) is 2.11. The van der Waals surface area contributed by atoms with Crippen molar-refractivity contribution in [2.24, 2.45) is 7.05 Å². The number of methoxy groups -OCH3 is 3. The molecule has 0 radical (unpaired) electrons. The molecule has 26 nitrogen and oxygen atoms in total. The van der Waals surface area contributed by atoms with Gasteiger partial charge in [0.1, 0.15) is 35.4 Å². The van der Waals surface area contributed by atoms with Gasteiger partial charge in [-0.25, -0.2) is 53.8 Å². The van der Waals surface area contributed by atoms with Gasteiger partial charge in [0.2, 0.25) is 17.7 Å².